The van der Waals surface area contributed by atoms with E-state index in [-0.39, 0.29) is 23.9 Å². The molecular formula is C26H33ClN6O2S. The monoisotopic (exact) mass is 528 g/mol. The predicted molar refractivity (Wildman–Crippen MR) is 144 cm³/mol. The smallest absolute Gasteiger partial charge is 0.280 e. The lowest BCUT2D eigenvalue weighted by Gasteiger charge is -2.29. The van der Waals surface area contributed by atoms with Crippen LogP contribution < -0.4 is 10.6 Å². The second-order valence-corrected chi connectivity index (χ2v) is 11.6. The molecule has 4 heterocycles. The standard InChI is InChI=1S/C26H33ClN6O2S/c1-4-8-32-12-21(29-24(34)20-11-16-10-17(27)5-6-18(16)28-20)22(13-32)30-25(35)26-31-19-7-9-33(15(2)3)14-23(19)36-26/h5-6,10-11,15,21-22,28H,4,7-9,12-14H2,1-3H3,(H,29,34)(H,30,35)/t21-,22-/m1/s1. The lowest BCUT2D eigenvalue weighted by molar-refractivity contribution is 0.0894. The zero-order chi connectivity index (χ0) is 25.4. The second kappa shape index (κ2) is 10.5. The molecular weight excluding hydrogens is 496 g/mol. The van der Waals surface area contributed by atoms with Crippen molar-refractivity contribution in [3.8, 4) is 0 Å². The number of hydrogen-bond acceptors (Lipinski definition) is 6. The largest absolute Gasteiger partial charge is 0.351 e. The van der Waals surface area contributed by atoms with Crippen molar-refractivity contribution < 1.29 is 9.59 Å². The number of hydrogen-bond donors (Lipinski definition) is 3. The first-order chi connectivity index (χ1) is 17.3. The molecule has 2 atom stereocenters. The molecule has 2 aromatic heterocycles. The van der Waals surface area contributed by atoms with Gasteiger partial charge < -0.3 is 15.6 Å². The Kier molecular flexibility index (Phi) is 7.35. The fourth-order valence-corrected chi connectivity index (χ4v) is 6.35. The van der Waals surface area contributed by atoms with Crippen molar-refractivity contribution in [1.82, 2.24) is 30.4 Å². The van der Waals surface area contributed by atoms with E-state index in [9.17, 15) is 9.59 Å². The Labute approximate surface area is 220 Å². The maximum Gasteiger partial charge on any atom is 0.280 e. The minimum absolute atomic E-state index is 0.159. The van der Waals surface area contributed by atoms with Crippen molar-refractivity contribution in [2.75, 3.05) is 26.2 Å². The molecule has 3 N–H and O–H groups in total. The quantitative estimate of drug-likeness (QED) is 0.435. The summed E-state index contributed by atoms with van der Waals surface area (Å²) in [4.78, 5) is 40.1. The van der Waals surface area contributed by atoms with Crippen molar-refractivity contribution in [1.29, 1.82) is 0 Å². The maximum absolute atomic E-state index is 13.2. The average Bonchev–Trinajstić information content (AvgIpc) is 3.55. The first kappa shape index (κ1) is 25.2. The molecule has 1 aromatic carbocycles. The number of amides is 2. The lowest BCUT2D eigenvalue weighted by atomic mass is 10.1. The Bertz CT molecular complexity index is 1270. The Morgan fingerprint density at radius 3 is 2.67 bits per heavy atom. The summed E-state index contributed by atoms with van der Waals surface area (Å²) in [5.74, 6) is -0.350. The lowest BCUT2D eigenvalue weighted by Crippen LogP contribution is -2.51. The molecule has 3 aromatic rings. The van der Waals surface area contributed by atoms with E-state index in [2.05, 4.69) is 51.2 Å². The average molecular weight is 529 g/mol. The number of nitrogens with zero attached hydrogens (tertiary/aromatic N) is 3. The van der Waals surface area contributed by atoms with Crippen molar-refractivity contribution in [2.24, 2.45) is 0 Å². The molecule has 2 aliphatic heterocycles. The second-order valence-electron chi connectivity index (χ2n) is 10.0. The van der Waals surface area contributed by atoms with E-state index in [1.54, 1.807) is 6.07 Å². The van der Waals surface area contributed by atoms with E-state index in [1.807, 2.05) is 18.2 Å². The molecule has 0 saturated carbocycles. The zero-order valence-electron chi connectivity index (χ0n) is 20.9. The van der Waals surface area contributed by atoms with Gasteiger partial charge in [0.15, 0.2) is 5.01 Å². The number of likely N-dealkylation sites (tertiary alicyclic amines) is 1. The molecule has 5 rings (SSSR count). The highest BCUT2D eigenvalue weighted by Crippen LogP contribution is 2.27. The van der Waals surface area contributed by atoms with Crippen LogP contribution >= 0.6 is 22.9 Å². The summed E-state index contributed by atoms with van der Waals surface area (Å²) in [5, 5.41) is 8.36. The Hall–Kier alpha value is -2.46. The minimum Gasteiger partial charge on any atom is -0.351 e. The van der Waals surface area contributed by atoms with E-state index >= 15 is 0 Å². The van der Waals surface area contributed by atoms with Gasteiger partial charge in [0.05, 0.1) is 17.8 Å². The predicted octanol–water partition coefficient (Wildman–Crippen LogP) is 3.67. The van der Waals surface area contributed by atoms with Crippen LogP contribution in [0.1, 0.15) is 58.1 Å². The van der Waals surface area contributed by atoms with Crippen LogP contribution in [0.3, 0.4) is 0 Å². The van der Waals surface area contributed by atoms with Crippen LogP contribution in [0.15, 0.2) is 24.3 Å². The van der Waals surface area contributed by atoms with Crippen molar-refractivity contribution in [3.05, 3.63) is 50.6 Å². The molecule has 0 bridgehead atoms. The van der Waals surface area contributed by atoms with Gasteiger partial charge in [-0.25, -0.2) is 4.98 Å². The number of carbonyl (C=O) groups excluding carboxylic acids is 2. The molecule has 36 heavy (non-hydrogen) atoms. The number of benzene rings is 1. The van der Waals surface area contributed by atoms with E-state index in [0.29, 0.717) is 34.9 Å². The van der Waals surface area contributed by atoms with Gasteiger partial charge >= 0.3 is 0 Å². The molecule has 2 aliphatic rings. The van der Waals surface area contributed by atoms with Crippen LogP contribution in [0.2, 0.25) is 5.02 Å². The number of thiazole rings is 1. The Morgan fingerprint density at radius 1 is 1.19 bits per heavy atom. The molecule has 8 nitrogen and oxygen atoms in total. The Morgan fingerprint density at radius 2 is 1.94 bits per heavy atom. The highest BCUT2D eigenvalue weighted by Gasteiger charge is 2.36. The normalized spacial score (nSPS) is 20.7. The molecule has 0 spiro atoms. The van der Waals surface area contributed by atoms with Crippen LogP contribution in [0, 0.1) is 0 Å². The maximum atomic E-state index is 13.2. The summed E-state index contributed by atoms with van der Waals surface area (Å²) in [7, 11) is 0. The first-order valence-corrected chi connectivity index (χ1v) is 13.8. The third-order valence-electron chi connectivity index (χ3n) is 7.08. The molecule has 0 aliphatic carbocycles. The summed E-state index contributed by atoms with van der Waals surface area (Å²) in [5.41, 5.74) is 2.38. The van der Waals surface area contributed by atoms with Crippen LogP contribution in [0.5, 0.6) is 0 Å². The summed E-state index contributed by atoms with van der Waals surface area (Å²) >= 11 is 7.59. The summed E-state index contributed by atoms with van der Waals surface area (Å²) in [6, 6.07) is 7.38. The number of nitrogens with one attached hydrogen (secondary N) is 3. The third-order valence-corrected chi connectivity index (χ3v) is 8.40. The summed E-state index contributed by atoms with van der Waals surface area (Å²) in [6.45, 7) is 10.6. The van der Waals surface area contributed by atoms with Gasteiger partial charge in [0.2, 0.25) is 0 Å². The molecule has 192 valence electrons. The highest BCUT2D eigenvalue weighted by atomic mass is 35.5. The van der Waals surface area contributed by atoms with Gasteiger partial charge in [-0.1, -0.05) is 18.5 Å². The van der Waals surface area contributed by atoms with Gasteiger partial charge in [-0.05, 0) is 51.1 Å². The van der Waals surface area contributed by atoms with Gasteiger partial charge in [0.25, 0.3) is 11.8 Å². The minimum atomic E-state index is -0.200. The molecule has 1 saturated heterocycles. The number of rotatable bonds is 7. The van der Waals surface area contributed by atoms with E-state index in [4.69, 9.17) is 11.6 Å². The topological polar surface area (TPSA) is 93.4 Å². The number of H-pyrrole nitrogens is 1. The molecule has 2 amide bonds. The van der Waals surface area contributed by atoms with E-state index in [0.717, 1.165) is 49.1 Å². The summed E-state index contributed by atoms with van der Waals surface area (Å²) < 4.78 is 0. The fraction of sp³-hybridized carbons (Fsp3) is 0.500. The molecule has 0 radical (unpaired) electrons. The van der Waals surface area contributed by atoms with Gasteiger partial charge in [0, 0.05) is 59.4 Å². The van der Waals surface area contributed by atoms with Gasteiger partial charge in [-0.3, -0.25) is 19.4 Å². The fourth-order valence-electron chi connectivity index (χ4n) is 5.13. The summed E-state index contributed by atoms with van der Waals surface area (Å²) in [6.07, 6.45) is 1.88. The van der Waals surface area contributed by atoms with Crippen molar-refractivity contribution >= 4 is 45.7 Å². The van der Waals surface area contributed by atoms with E-state index < -0.39 is 0 Å². The van der Waals surface area contributed by atoms with Crippen LogP contribution in [0.4, 0.5) is 0 Å². The van der Waals surface area contributed by atoms with Crippen molar-refractivity contribution in [2.45, 2.75) is 58.3 Å². The number of carbonyl (C=O) groups is 2. The van der Waals surface area contributed by atoms with Crippen LogP contribution in [0.25, 0.3) is 10.9 Å². The number of aromatic amines is 1. The van der Waals surface area contributed by atoms with Crippen LogP contribution in [-0.4, -0.2) is 75.9 Å². The van der Waals surface area contributed by atoms with E-state index in [1.165, 1.54) is 16.2 Å². The first-order valence-electron chi connectivity index (χ1n) is 12.7. The molecule has 10 heteroatoms. The molecule has 0 unspecified atom stereocenters. The SMILES string of the molecule is CCCN1C[C@@H](NC(=O)c2cc3cc(Cl)ccc3[nH]2)[C@H](NC(=O)c2nc3c(s2)CN(C(C)C)CC3)C1. The molecule has 1 fully saturated rings. The number of halogens is 1. The van der Waals surface area contributed by atoms with Crippen molar-refractivity contribution in [3.63, 3.8) is 0 Å². The number of aromatic nitrogens is 2. The zero-order valence-corrected chi connectivity index (χ0v) is 22.5. The highest BCUT2D eigenvalue weighted by molar-refractivity contribution is 7.13. The Balaban J connectivity index is 1.28. The van der Waals surface area contributed by atoms with Gasteiger partial charge in [-0.15, -0.1) is 11.3 Å². The van der Waals surface area contributed by atoms with Gasteiger partial charge in [-0.2, -0.15) is 0 Å². The van der Waals surface area contributed by atoms with Gasteiger partial charge in [0.1, 0.15) is 5.69 Å². The number of fused-ring (bicyclic) bond motifs is 2. The third kappa shape index (κ3) is 5.29. The van der Waals surface area contributed by atoms with Crippen LogP contribution in [-0.2, 0) is 13.0 Å².